The summed E-state index contributed by atoms with van der Waals surface area (Å²) in [6.07, 6.45) is -0.123. The predicted molar refractivity (Wildman–Crippen MR) is 69.4 cm³/mol. The van der Waals surface area contributed by atoms with Gasteiger partial charge in [0.2, 0.25) is 15.9 Å². The molecule has 0 bridgehead atoms. The van der Waals surface area contributed by atoms with Gasteiger partial charge in [-0.15, -0.1) is 11.3 Å². The Morgan fingerprint density at radius 3 is 2.68 bits per heavy atom. The third-order valence-corrected chi connectivity index (χ3v) is 5.01. The second-order valence-electron chi connectivity index (χ2n) is 3.71. The Balaban J connectivity index is 2.39. The predicted octanol–water partition coefficient (Wildman–Crippen LogP) is 0.00580. The van der Waals surface area contributed by atoms with Gasteiger partial charge in [-0.2, -0.15) is 0 Å². The molecule has 0 radical (unpaired) electrons. The molecule has 3 N–H and O–H groups in total. The van der Waals surface area contributed by atoms with Gasteiger partial charge in [0.15, 0.2) is 0 Å². The quantitative estimate of drug-likeness (QED) is 0.656. The highest BCUT2D eigenvalue weighted by Crippen LogP contribution is 2.14. The van der Waals surface area contributed by atoms with Crippen LogP contribution in [-0.4, -0.2) is 38.0 Å². The van der Waals surface area contributed by atoms with E-state index in [4.69, 9.17) is 5.11 Å². The third-order valence-electron chi connectivity index (χ3n) is 2.15. The van der Waals surface area contributed by atoms with E-state index in [0.717, 1.165) is 11.3 Å². The minimum absolute atomic E-state index is 0.0849. The minimum atomic E-state index is -3.59. The highest BCUT2D eigenvalue weighted by molar-refractivity contribution is 7.91. The lowest BCUT2D eigenvalue weighted by Gasteiger charge is -2.09. The topological polar surface area (TPSA) is 113 Å². The van der Waals surface area contributed by atoms with Crippen molar-refractivity contribution >= 4 is 33.2 Å². The molecule has 1 rings (SSSR count). The van der Waals surface area contributed by atoms with Crippen LogP contribution in [0.3, 0.4) is 0 Å². The van der Waals surface area contributed by atoms with Gasteiger partial charge in [-0.1, -0.05) is 6.07 Å². The molecule has 19 heavy (non-hydrogen) atoms. The van der Waals surface area contributed by atoms with Gasteiger partial charge in [0.1, 0.15) is 10.3 Å². The molecular weight excluding hydrogens is 292 g/mol. The number of aliphatic carboxylic acids is 1. The van der Waals surface area contributed by atoms with Gasteiger partial charge in [-0.25, -0.2) is 13.1 Å². The number of nitrogens with one attached hydrogen (secondary N) is 2. The lowest BCUT2D eigenvalue weighted by Crippen LogP contribution is -2.39. The largest absolute Gasteiger partial charge is 0.480 e. The average Bonchev–Trinajstić information content (AvgIpc) is 2.82. The maximum atomic E-state index is 11.7. The number of carbonyl (C=O) groups is 2. The van der Waals surface area contributed by atoms with E-state index in [1.165, 1.54) is 13.0 Å². The molecule has 0 unspecified atom stereocenters. The fourth-order valence-corrected chi connectivity index (χ4v) is 3.23. The van der Waals surface area contributed by atoms with E-state index in [0.29, 0.717) is 0 Å². The highest BCUT2D eigenvalue weighted by atomic mass is 32.2. The van der Waals surface area contributed by atoms with Gasteiger partial charge < -0.3 is 10.4 Å². The molecule has 0 aliphatic rings. The summed E-state index contributed by atoms with van der Waals surface area (Å²) in [7, 11) is -3.59. The van der Waals surface area contributed by atoms with Crippen LogP contribution in [-0.2, 0) is 19.6 Å². The molecule has 0 saturated carbocycles. The number of carboxylic acids is 1. The number of carbonyl (C=O) groups excluding carboxylic acids is 1. The van der Waals surface area contributed by atoms with Crippen molar-refractivity contribution in [3.05, 3.63) is 17.5 Å². The van der Waals surface area contributed by atoms with E-state index in [1.54, 1.807) is 11.4 Å². The Morgan fingerprint density at radius 1 is 1.47 bits per heavy atom. The summed E-state index contributed by atoms with van der Waals surface area (Å²) in [6, 6.07) is 2.07. The number of hydrogen-bond acceptors (Lipinski definition) is 5. The van der Waals surface area contributed by atoms with Gasteiger partial charge in [0.05, 0.1) is 0 Å². The first-order valence-electron chi connectivity index (χ1n) is 5.38. The Bertz CT molecular complexity index is 538. The molecule has 7 nitrogen and oxygen atoms in total. The number of carboxylic acid groups (broad SMARTS) is 1. The van der Waals surface area contributed by atoms with E-state index < -0.39 is 27.9 Å². The van der Waals surface area contributed by atoms with E-state index in [1.807, 2.05) is 0 Å². The van der Waals surface area contributed by atoms with Crippen LogP contribution < -0.4 is 10.0 Å². The maximum absolute atomic E-state index is 11.7. The maximum Gasteiger partial charge on any atom is 0.325 e. The van der Waals surface area contributed by atoms with Crippen LogP contribution in [0.15, 0.2) is 21.7 Å². The summed E-state index contributed by atoms with van der Waals surface area (Å²) >= 11 is 1.07. The molecule has 0 aliphatic heterocycles. The Hall–Kier alpha value is -1.45. The van der Waals surface area contributed by atoms with E-state index in [9.17, 15) is 18.0 Å². The van der Waals surface area contributed by atoms with E-state index in [2.05, 4.69) is 10.0 Å². The van der Waals surface area contributed by atoms with Crippen molar-refractivity contribution in [2.75, 3.05) is 6.54 Å². The fourth-order valence-electron chi connectivity index (χ4n) is 1.16. The zero-order valence-corrected chi connectivity index (χ0v) is 11.8. The first-order chi connectivity index (χ1) is 8.83. The summed E-state index contributed by atoms with van der Waals surface area (Å²) < 4.78 is 25.8. The molecule has 0 fully saturated rings. The molecule has 106 valence electrons. The summed E-state index contributed by atoms with van der Waals surface area (Å²) in [4.78, 5) is 21.8. The first-order valence-corrected chi connectivity index (χ1v) is 7.74. The molecular formula is C10H14N2O5S2. The highest BCUT2D eigenvalue weighted by Gasteiger charge is 2.16. The molecule has 0 aliphatic carbocycles. The second-order valence-corrected chi connectivity index (χ2v) is 6.65. The first kappa shape index (κ1) is 15.6. The number of sulfonamides is 1. The van der Waals surface area contributed by atoms with Gasteiger partial charge in [0.25, 0.3) is 0 Å². The van der Waals surface area contributed by atoms with Gasteiger partial charge in [-0.05, 0) is 18.4 Å². The molecule has 0 saturated heterocycles. The fraction of sp³-hybridized carbons (Fsp3) is 0.400. The molecule has 1 amide bonds. The van der Waals surface area contributed by atoms with Crippen LogP contribution in [0, 0.1) is 0 Å². The monoisotopic (exact) mass is 306 g/mol. The Kier molecular flexibility index (Phi) is 5.45. The Morgan fingerprint density at radius 2 is 2.16 bits per heavy atom. The van der Waals surface area contributed by atoms with Crippen molar-refractivity contribution in [3.63, 3.8) is 0 Å². The number of thiophene rings is 1. The summed E-state index contributed by atoms with van der Waals surface area (Å²) in [5, 5.41) is 12.5. The average molecular weight is 306 g/mol. The van der Waals surface area contributed by atoms with Crippen LogP contribution in [0.5, 0.6) is 0 Å². The Labute approximate surface area is 114 Å². The van der Waals surface area contributed by atoms with Gasteiger partial charge in [0, 0.05) is 13.0 Å². The zero-order valence-electron chi connectivity index (χ0n) is 10.1. The zero-order chi connectivity index (χ0) is 14.5. The van der Waals surface area contributed by atoms with Crippen LogP contribution in [0.2, 0.25) is 0 Å². The lowest BCUT2D eigenvalue weighted by atomic mass is 10.3. The van der Waals surface area contributed by atoms with E-state index >= 15 is 0 Å². The van der Waals surface area contributed by atoms with Gasteiger partial charge in [-0.3, -0.25) is 9.59 Å². The van der Waals surface area contributed by atoms with Crippen LogP contribution in [0.4, 0.5) is 0 Å². The minimum Gasteiger partial charge on any atom is -0.480 e. The van der Waals surface area contributed by atoms with Crippen LogP contribution in [0.1, 0.15) is 13.3 Å². The summed E-state index contributed by atoms with van der Waals surface area (Å²) in [5.41, 5.74) is 0. The van der Waals surface area contributed by atoms with Crippen molar-refractivity contribution < 1.29 is 23.1 Å². The van der Waals surface area contributed by atoms with Crippen LogP contribution in [0.25, 0.3) is 0 Å². The van der Waals surface area contributed by atoms with Crippen molar-refractivity contribution in [3.8, 4) is 0 Å². The van der Waals surface area contributed by atoms with Crippen molar-refractivity contribution in [1.29, 1.82) is 0 Å². The SMILES string of the molecule is C[C@@H](NC(=O)CCNS(=O)(=O)c1cccs1)C(=O)O. The lowest BCUT2D eigenvalue weighted by molar-refractivity contribution is -0.141. The van der Waals surface area contributed by atoms with E-state index in [-0.39, 0.29) is 17.2 Å². The molecule has 1 aromatic heterocycles. The third kappa shape index (κ3) is 4.97. The normalized spacial score (nSPS) is 12.9. The number of rotatable bonds is 7. The number of hydrogen-bond donors (Lipinski definition) is 3. The summed E-state index contributed by atoms with van der Waals surface area (Å²) in [6.45, 7) is 1.24. The standard InChI is InChI=1S/C10H14N2O5S2/c1-7(10(14)15)12-8(13)4-5-11-19(16,17)9-3-2-6-18-9/h2-3,6-7,11H,4-5H2,1H3,(H,12,13)(H,14,15)/t7-/m1/s1. The smallest absolute Gasteiger partial charge is 0.325 e. The van der Waals surface area contributed by atoms with Crippen LogP contribution >= 0.6 is 11.3 Å². The molecule has 1 aromatic rings. The molecule has 1 heterocycles. The number of amides is 1. The summed E-state index contributed by atoms with van der Waals surface area (Å²) in [5.74, 6) is -1.67. The molecule has 1 atom stereocenters. The van der Waals surface area contributed by atoms with Crippen molar-refractivity contribution in [2.24, 2.45) is 0 Å². The second kappa shape index (κ2) is 6.64. The molecule has 0 aromatic carbocycles. The van der Waals surface area contributed by atoms with Crippen molar-refractivity contribution in [2.45, 2.75) is 23.6 Å². The molecule has 9 heteroatoms. The van der Waals surface area contributed by atoms with Crippen molar-refractivity contribution in [1.82, 2.24) is 10.0 Å². The molecule has 0 spiro atoms. The van der Waals surface area contributed by atoms with Gasteiger partial charge >= 0.3 is 5.97 Å².